The lowest BCUT2D eigenvalue weighted by Gasteiger charge is -2.04. The molecule has 0 aliphatic heterocycles. The molecule has 0 radical (unpaired) electrons. The number of aromatic nitrogens is 1. The fourth-order valence-electron chi connectivity index (χ4n) is 1.37. The highest BCUT2D eigenvalue weighted by molar-refractivity contribution is 7.13. The molecule has 0 unspecified atom stereocenters. The zero-order valence-electron chi connectivity index (χ0n) is 9.95. The molecule has 5 heteroatoms. The zero-order chi connectivity index (χ0) is 12.1. The van der Waals surface area contributed by atoms with Crippen LogP contribution in [0.25, 0.3) is 0 Å². The lowest BCUT2D eigenvalue weighted by atomic mass is 10.1. The SMILES string of the molecule is CCOC(=O)c1sc(CN)nc1CC(C)C. The van der Waals surface area contributed by atoms with Crippen LogP contribution in [-0.2, 0) is 17.7 Å². The lowest BCUT2D eigenvalue weighted by molar-refractivity contribution is 0.0530. The molecule has 90 valence electrons. The van der Waals surface area contributed by atoms with Gasteiger partial charge in [-0.2, -0.15) is 0 Å². The van der Waals surface area contributed by atoms with Crippen molar-refractivity contribution in [1.82, 2.24) is 4.98 Å². The van der Waals surface area contributed by atoms with Gasteiger partial charge in [-0.15, -0.1) is 11.3 Å². The molecule has 1 heterocycles. The lowest BCUT2D eigenvalue weighted by Crippen LogP contribution is -2.07. The Bertz CT molecular complexity index is 361. The Kier molecular flexibility index (Phi) is 4.89. The molecular formula is C11H18N2O2S. The number of thiazole rings is 1. The van der Waals surface area contributed by atoms with Crippen molar-refractivity contribution in [3.8, 4) is 0 Å². The van der Waals surface area contributed by atoms with Gasteiger partial charge in [-0.3, -0.25) is 0 Å². The summed E-state index contributed by atoms with van der Waals surface area (Å²) in [6.45, 7) is 6.74. The van der Waals surface area contributed by atoms with E-state index in [0.717, 1.165) is 17.1 Å². The molecule has 0 fully saturated rings. The fraction of sp³-hybridized carbons (Fsp3) is 0.636. The van der Waals surface area contributed by atoms with Gasteiger partial charge in [0.1, 0.15) is 9.88 Å². The van der Waals surface area contributed by atoms with Gasteiger partial charge in [0.05, 0.1) is 12.3 Å². The van der Waals surface area contributed by atoms with E-state index in [-0.39, 0.29) is 5.97 Å². The minimum absolute atomic E-state index is 0.282. The Balaban J connectivity index is 2.95. The van der Waals surface area contributed by atoms with E-state index in [9.17, 15) is 4.79 Å². The minimum atomic E-state index is -0.282. The smallest absolute Gasteiger partial charge is 0.350 e. The van der Waals surface area contributed by atoms with Gasteiger partial charge in [0.25, 0.3) is 0 Å². The topological polar surface area (TPSA) is 65.2 Å². The van der Waals surface area contributed by atoms with Gasteiger partial charge in [-0.1, -0.05) is 13.8 Å². The Morgan fingerprint density at radius 3 is 2.75 bits per heavy atom. The van der Waals surface area contributed by atoms with E-state index in [0.29, 0.717) is 23.9 Å². The number of rotatable bonds is 5. The van der Waals surface area contributed by atoms with Crippen LogP contribution in [0, 0.1) is 5.92 Å². The second kappa shape index (κ2) is 5.96. The molecule has 1 rings (SSSR count). The molecule has 16 heavy (non-hydrogen) atoms. The van der Waals surface area contributed by atoms with Gasteiger partial charge in [-0.25, -0.2) is 9.78 Å². The van der Waals surface area contributed by atoms with Crippen molar-refractivity contribution < 1.29 is 9.53 Å². The predicted octanol–water partition coefficient (Wildman–Crippen LogP) is 1.98. The van der Waals surface area contributed by atoms with Gasteiger partial charge in [0, 0.05) is 6.54 Å². The summed E-state index contributed by atoms with van der Waals surface area (Å²) in [5, 5.41) is 0.790. The Hall–Kier alpha value is -0.940. The predicted molar refractivity (Wildman–Crippen MR) is 64.5 cm³/mol. The van der Waals surface area contributed by atoms with E-state index in [4.69, 9.17) is 10.5 Å². The Morgan fingerprint density at radius 1 is 1.56 bits per heavy atom. The largest absolute Gasteiger partial charge is 0.462 e. The Morgan fingerprint density at radius 2 is 2.25 bits per heavy atom. The number of nitrogens with two attached hydrogens (primary N) is 1. The minimum Gasteiger partial charge on any atom is -0.462 e. The van der Waals surface area contributed by atoms with E-state index in [1.165, 1.54) is 11.3 Å². The molecule has 0 saturated carbocycles. The summed E-state index contributed by atoms with van der Waals surface area (Å²) in [5.41, 5.74) is 6.35. The molecule has 0 amide bonds. The monoisotopic (exact) mass is 242 g/mol. The van der Waals surface area contributed by atoms with Gasteiger partial charge < -0.3 is 10.5 Å². The van der Waals surface area contributed by atoms with Crippen molar-refractivity contribution in [3.63, 3.8) is 0 Å². The first-order valence-corrected chi connectivity index (χ1v) is 6.25. The molecule has 2 N–H and O–H groups in total. The van der Waals surface area contributed by atoms with E-state index < -0.39 is 0 Å². The maximum Gasteiger partial charge on any atom is 0.350 e. The highest BCUT2D eigenvalue weighted by Crippen LogP contribution is 2.22. The third kappa shape index (κ3) is 3.28. The van der Waals surface area contributed by atoms with Crippen LogP contribution >= 0.6 is 11.3 Å². The quantitative estimate of drug-likeness (QED) is 0.802. The molecule has 0 aliphatic rings. The number of nitrogens with zero attached hydrogens (tertiary/aromatic N) is 1. The van der Waals surface area contributed by atoms with E-state index in [2.05, 4.69) is 18.8 Å². The summed E-state index contributed by atoms with van der Waals surface area (Å²) >= 11 is 1.34. The summed E-state index contributed by atoms with van der Waals surface area (Å²) in [6, 6.07) is 0. The van der Waals surface area contributed by atoms with Crippen molar-refractivity contribution >= 4 is 17.3 Å². The summed E-state index contributed by atoms with van der Waals surface area (Å²) in [4.78, 5) is 16.7. The van der Waals surface area contributed by atoms with Crippen LogP contribution in [-0.4, -0.2) is 17.6 Å². The van der Waals surface area contributed by atoms with Gasteiger partial charge in [0.15, 0.2) is 0 Å². The van der Waals surface area contributed by atoms with Crippen LogP contribution in [0.1, 0.15) is 41.1 Å². The molecule has 0 bridgehead atoms. The van der Waals surface area contributed by atoms with E-state index >= 15 is 0 Å². The van der Waals surface area contributed by atoms with Crippen molar-refractivity contribution in [3.05, 3.63) is 15.6 Å². The second-order valence-corrected chi connectivity index (χ2v) is 4.99. The average Bonchev–Trinajstić information content (AvgIpc) is 2.60. The highest BCUT2D eigenvalue weighted by atomic mass is 32.1. The van der Waals surface area contributed by atoms with Crippen molar-refractivity contribution in [2.24, 2.45) is 11.7 Å². The summed E-state index contributed by atoms with van der Waals surface area (Å²) in [6.07, 6.45) is 0.782. The maximum atomic E-state index is 11.7. The first-order chi connectivity index (χ1) is 7.58. The van der Waals surface area contributed by atoms with Crippen LogP contribution in [0.4, 0.5) is 0 Å². The van der Waals surface area contributed by atoms with E-state index in [1.807, 2.05) is 0 Å². The maximum absolute atomic E-state index is 11.7. The van der Waals surface area contributed by atoms with Gasteiger partial charge in [-0.05, 0) is 19.3 Å². The molecular weight excluding hydrogens is 224 g/mol. The summed E-state index contributed by atoms with van der Waals surface area (Å²) in [5.74, 6) is 0.177. The molecule has 4 nitrogen and oxygen atoms in total. The molecule has 0 aliphatic carbocycles. The first-order valence-electron chi connectivity index (χ1n) is 5.44. The first kappa shape index (κ1) is 13.1. The normalized spacial score (nSPS) is 10.8. The number of hydrogen-bond donors (Lipinski definition) is 1. The summed E-state index contributed by atoms with van der Waals surface area (Å²) in [7, 11) is 0. The van der Waals surface area contributed by atoms with Crippen LogP contribution < -0.4 is 5.73 Å². The molecule has 0 atom stereocenters. The second-order valence-electron chi connectivity index (χ2n) is 3.91. The number of esters is 1. The van der Waals surface area contributed by atoms with Gasteiger partial charge in [0.2, 0.25) is 0 Å². The van der Waals surface area contributed by atoms with Crippen molar-refractivity contribution in [1.29, 1.82) is 0 Å². The zero-order valence-corrected chi connectivity index (χ0v) is 10.8. The van der Waals surface area contributed by atoms with Crippen molar-refractivity contribution in [2.45, 2.75) is 33.7 Å². The Labute approximate surface area is 99.8 Å². The molecule has 0 spiro atoms. The van der Waals surface area contributed by atoms with Crippen LogP contribution in [0.5, 0.6) is 0 Å². The van der Waals surface area contributed by atoms with Crippen LogP contribution in [0.3, 0.4) is 0 Å². The number of ether oxygens (including phenoxy) is 1. The van der Waals surface area contributed by atoms with Crippen LogP contribution in [0.2, 0.25) is 0 Å². The number of carbonyl (C=O) groups is 1. The summed E-state index contributed by atoms with van der Waals surface area (Å²) < 4.78 is 5.00. The molecule has 1 aromatic heterocycles. The fourth-order valence-corrected chi connectivity index (χ4v) is 2.23. The standard InChI is InChI=1S/C11H18N2O2S/c1-4-15-11(14)10-8(5-7(2)3)13-9(6-12)16-10/h7H,4-6,12H2,1-3H3. The third-order valence-electron chi connectivity index (χ3n) is 1.98. The number of hydrogen-bond acceptors (Lipinski definition) is 5. The molecule has 0 saturated heterocycles. The molecule has 1 aromatic rings. The van der Waals surface area contributed by atoms with Crippen LogP contribution in [0.15, 0.2) is 0 Å². The third-order valence-corrected chi connectivity index (χ3v) is 3.08. The van der Waals surface area contributed by atoms with Crippen molar-refractivity contribution in [2.75, 3.05) is 6.61 Å². The highest BCUT2D eigenvalue weighted by Gasteiger charge is 2.19. The number of carbonyl (C=O) groups excluding carboxylic acids is 1. The van der Waals surface area contributed by atoms with Gasteiger partial charge >= 0.3 is 5.97 Å². The average molecular weight is 242 g/mol. The van der Waals surface area contributed by atoms with E-state index in [1.54, 1.807) is 6.92 Å². The molecule has 0 aromatic carbocycles.